The average Bonchev–Trinajstić information content (AvgIpc) is 3.14. The summed E-state index contributed by atoms with van der Waals surface area (Å²) in [7, 11) is 4.89. The lowest BCUT2D eigenvalue weighted by Gasteiger charge is -2.20. The standard InChI is InChI=1S/C17H22N6O3S/c1-24-7-11(21-10-4-5-12(25-2)13(6-10)26-3)8-27-16-14-15(20-9-19-14)22-17(18)23-16/h4-6,9,11,21H,7-8H2,1-3H3,(H3,18,19,20,22,23)/t11-/m1/s1. The molecule has 0 spiro atoms. The van der Waals surface area contributed by atoms with E-state index in [2.05, 4.69) is 25.3 Å². The van der Waals surface area contributed by atoms with E-state index >= 15 is 0 Å². The summed E-state index contributed by atoms with van der Waals surface area (Å²) in [6.07, 6.45) is 1.58. The van der Waals surface area contributed by atoms with Crippen molar-refractivity contribution in [3.63, 3.8) is 0 Å². The van der Waals surface area contributed by atoms with Crippen molar-refractivity contribution >= 4 is 34.6 Å². The van der Waals surface area contributed by atoms with Crippen LogP contribution >= 0.6 is 11.8 Å². The quantitative estimate of drug-likeness (QED) is 0.373. The third-order valence-corrected chi connectivity index (χ3v) is 4.95. The number of anilines is 2. The van der Waals surface area contributed by atoms with E-state index in [1.807, 2.05) is 18.2 Å². The Balaban J connectivity index is 1.73. The van der Waals surface area contributed by atoms with Crippen LogP contribution in [-0.2, 0) is 4.74 Å². The zero-order valence-electron chi connectivity index (χ0n) is 15.4. The lowest BCUT2D eigenvalue weighted by atomic mass is 10.2. The minimum absolute atomic E-state index is 0.0345. The summed E-state index contributed by atoms with van der Waals surface area (Å²) in [6, 6.07) is 5.72. The minimum Gasteiger partial charge on any atom is -0.493 e. The molecular formula is C17H22N6O3S. The molecule has 0 bridgehead atoms. The molecule has 0 amide bonds. The summed E-state index contributed by atoms with van der Waals surface area (Å²) in [5.74, 6) is 2.24. The highest BCUT2D eigenvalue weighted by Gasteiger charge is 2.15. The lowest BCUT2D eigenvalue weighted by Crippen LogP contribution is -2.27. The van der Waals surface area contributed by atoms with Crippen LogP contribution in [0.25, 0.3) is 11.2 Å². The van der Waals surface area contributed by atoms with Gasteiger partial charge in [0.15, 0.2) is 17.1 Å². The van der Waals surface area contributed by atoms with Crippen LogP contribution in [0.5, 0.6) is 11.5 Å². The molecule has 0 saturated carbocycles. The van der Waals surface area contributed by atoms with Gasteiger partial charge in [0.2, 0.25) is 5.95 Å². The van der Waals surface area contributed by atoms with Gasteiger partial charge in [0.1, 0.15) is 10.5 Å². The van der Waals surface area contributed by atoms with Gasteiger partial charge >= 0.3 is 0 Å². The van der Waals surface area contributed by atoms with E-state index in [0.29, 0.717) is 29.5 Å². The van der Waals surface area contributed by atoms with Crippen molar-refractivity contribution in [2.45, 2.75) is 11.1 Å². The molecule has 27 heavy (non-hydrogen) atoms. The maximum atomic E-state index is 5.78. The number of nitrogens with zero attached hydrogens (tertiary/aromatic N) is 3. The van der Waals surface area contributed by atoms with E-state index in [1.54, 1.807) is 39.4 Å². The van der Waals surface area contributed by atoms with Crippen molar-refractivity contribution in [2.75, 3.05) is 44.7 Å². The Morgan fingerprint density at radius 2 is 2.00 bits per heavy atom. The number of ether oxygens (including phenoxy) is 3. The molecule has 1 aromatic carbocycles. The molecule has 0 fully saturated rings. The summed E-state index contributed by atoms with van der Waals surface area (Å²) in [5.41, 5.74) is 8.01. The smallest absolute Gasteiger partial charge is 0.223 e. The van der Waals surface area contributed by atoms with Crippen LogP contribution in [0.4, 0.5) is 11.6 Å². The normalized spacial score (nSPS) is 12.1. The molecule has 0 radical (unpaired) electrons. The summed E-state index contributed by atoms with van der Waals surface area (Å²) in [6.45, 7) is 0.522. The van der Waals surface area contributed by atoms with E-state index in [-0.39, 0.29) is 12.0 Å². The van der Waals surface area contributed by atoms with Gasteiger partial charge in [-0.05, 0) is 12.1 Å². The van der Waals surface area contributed by atoms with Crippen LogP contribution in [-0.4, -0.2) is 59.7 Å². The molecule has 0 saturated heterocycles. The van der Waals surface area contributed by atoms with Crippen molar-refractivity contribution in [1.29, 1.82) is 0 Å². The number of nitrogens with two attached hydrogens (primary N) is 1. The number of benzene rings is 1. The number of hydrogen-bond acceptors (Lipinski definition) is 9. The highest BCUT2D eigenvalue weighted by Crippen LogP contribution is 2.31. The number of thioether (sulfide) groups is 1. The number of rotatable bonds is 9. The van der Waals surface area contributed by atoms with E-state index < -0.39 is 0 Å². The minimum atomic E-state index is 0.0345. The second-order valence-corrected chi connectivity index (χ2v) is 6.67. The van der Waals surface area contributed by atoms with Crippen LogP contribution in [0, 0.1) is 0 Å². The molecule has 0 aliphatic carbocycles. The monoisotopic (exact) mass is 390 g/mol. The lowest BCUT2D eigenvalue weighted by molar-refractivity contribution is 0.191. The van der Waals surface area contributed by atoms with Gasteiger partial charge in [-0.2, -0.15) is 4.98 Å². The van der Waals surface area contributed by atoms with Crippen LogP contribution in [0.2, 0.25) is 0 Å². The third-order valence-electron chi connectivity index (χ3n) is 3.81. The second kappa shape index (κ2) is 8.78. The predicted molar refractivity (Wildman–Crippen MR) is 106 cm³/mol. The molecule has 1 atom stereocenters. The molecule has 0 aliphatic heterocycles. The fraction of sp³-hybridized carbons (Fsp3) is 0.353. The van der Waals surface area contributed by atoms with E-state index in [4.69, 9.17) is 19.9 Å². The molecule has 144 valence electrons. The zero-order valence-corrected chi connectivity index (χ0v) is 16.2. The summed E-state index contributed by atoms with van der Waals surface area (Å²) in [4.78, 5) is 15.6. The van der Waals surface area contributed by atoms with Crippen LogP contribution in [0.15, 0.2) is 29.6 Å². The predicted octanol–water partition coefficient (Wildman–Crippen LogP) is 2.17. The molecule has 4 N–H and O–H groups in total. The van der Waals surface area contributed by atoms with Gasteiger partial charge in [-0.3, -0.25) is 0 Å². The van der Waals surface area contributed by atoms with Gasteiger partial charge in [-0.15, -0.1) is 11.8 Å². The Bertz CT molecular complexity index is 904. The van der Waals surface area contributed by atoms with Crippen molar-refractivity contribution < 1.29 is 14.2 Å². The van der Waals surface area contributed by atoms with E-state index in [1.165, 1.54) is 0 Å². The van der Waals surface area contributed by atoms with Crippen molar-refractivity contribution in [3.8, 4) is 11.5 Å². The van der Waals surface area contributed by atoms with Crippen LogP contribution in [0.1, 0.15) is 0 Å². The SMILES string of the molecule is COC[C@H](CSc1nc(N)nc2nc[nH]c12)Nc1ccc(OC)c(OC)c1. The fourth-order valence-corrected chi connectivity index (χ4v) is 3.59. The molecule has 9 nitrogen and oxygen atoms in total. The van der Waals surface area contributed by atoms with Crippen LogP contribution < -0.4 is 20.5 Å². The molecule has 2 aromatic heterocycles. The average molecular weight is 390 g/mol. The number of hydrogen-bond donors (Lipinski definition) is 3. The van der Waals surface area contributed by atoms with Gasteiger partial charge in [0, 0.05) is 24.6 Å². The highest BCUT2D eigenvalue weighted by molar-refractivity contribution is 7.99. The molecule has 3 rings (SSSR count). The van der Waals surface area contributed by atoms with Gasteiger partial charge in [-0.25, -0.2) is 9.97 Å². The number of fused-ring (bicyclic) bond motifs is 1. The molecule has 3 aromatic rings. The molecular weight excluding hydrogens is 368 g/mol. The number of nitrogens with one attached hydrogen (secondary N) is 2. The molecule has 10 heteroatoms. The van der Waals surface area contributed by atoms with Crippen molar-refractivity contribution in [2.24, 2.45) is 0 Å². The van der Waals surface area contributed by atoms with E-state index in [9.17, 15) is 0 Å². The van der Waals surface area contributed by atoms with E-state index in [0.717, 1.165) is 16.2 Å². The maximum Gasteiger partial charge on any atom is 0.223 e. The number of nitrogen functional groups attached to an aromatic ring is 1. The Kier molecular flexibility index (Phi) is 6.20. The third kappa shape index (κ3) is 4.52. The Morgan fingerprint density at radius 1 is 1.19 bits per heavy atom. The summed E-state index contributed by atoms with van der Waals surface area (Å²) < 4.78 is 16.0. The Hall–Kier alpha value is -2.72. The number of aromatic amines is 1. The molecule has 0 unspecified atom stereocenters. The second-order valence-electron chi connectivity index (χ2n) is 5.67. The van der Waals surface area contributed by atoms with Crippen molar-refractivity contribution in [3.05, 3.63) is 24.5 Å². The maximum absolute atomic E-state index is 5.78. The van der Waals surface area contributed by atoms with Crippen LogP contribution in [0.3, 0.4) is 0 Å². The molecule has 0 aliphatic rings. The molecule has 2 heterocycles. The number of imidazole rings is 1. The van der Waals surface area contributed by atoms with Gasteiger partial charge in [-0.1, -0.05) is 0 Å². The van der Waals surface area contributed by atoms with Crippen molar-refractivity contribution in [1.82, 2.24) is 19.9 Å². The highest BCUT2D eigenvalue weighted by atomic mass is 32.2. The Morgan fingerprint density at radius 3 is 2.74 bits per heavy atom. The first-order chi connectivity index (χ1) is 13.1. The topological polar surface area (TPSA) is 120 Å². The largest absolute Gasteiger partial charge is 0.493 e. The summed E-state index contributed by atoms with van der Waals surface area (Å²) >= 11 is 1.55. The fourth-order valence-electron chi connectivity index (χ4n) is 2.60. The first-order valence-corrected chi connectivity index (χ1v) is 9.20. The number of aromatic nitrogens is 4. The Labute approximate surface area is 161 Å². The zero-order chi connectivity index (χ0) is 19.2. The van der Waals surface area contributed by atoms with Gasteiger partial charge in [0.25, 0.3) is 0 Å². The van der Waals surface area contributed by atoms with Gasteiger partial charge in [0.05, 0.1) is 33.2 Å². The summed E-state index contributed by atoms with van der Waals surface area (Å²) in [5, 5.41) is 4.21. The number of methoxy groups -OCH3 is 3. The first kappa shape index (κ1) is 19.1. The number of H-pyrrole nitrogens is 1. The van der Waals surface area contributed by atoms with Gasteiger partial charge < -0.3 is 30.2 Å². The first-order valence-electron chi connectivity index (χ1n) is 8.21.